The van der Waals surface area contributed by atoms with Crippen molar-refractivity contribution in [3.63, 3.8) is 0 Å². The summed E-state index contributed by atoms with van der Waals surface area (Å²) in [7, 11) is 0. The van der Waals surface area contributed by atoms with Crippen LogP contribution >= 0.6 is 0 Å². The molecule has 386 valence electrons. The first-order valence-corrected chi connectivity index (χ1v) is 24.5. The summed E-state index contributed by atoms with van der Waals surface area (Å²) < 4.78 is 97.9. The summed E-state index contributed by atoms with van der Waals surface area (Å²) in [5, 5.41) is 2.08. The van der Waals surface area contributed by atoms with Gasteiger partial charge in [0.05, 0.1) is 39.0 Å². The zero-order valence-electron chi connectivity index (χ0n) is 42.9. The second-order valence-corrected chi connectivity index (χ2v) is 19.1. The van der Waals surface area contributed by atoms with E-state index >= 15 is 13.2 Å². The molecule has 0 aliphatic rings. The van der Waals surface area contributed by atoms with E-state index in [1.807, 2.05) is 24.3 Å². The number of fused-ring (bicyclic) bond motifs is 6. The van der Waals surface area contributed by atoms with Gasteiger partial charge in [-0.15, -0.1) is 0 Å². The lowest BCUT2D eigenvalue weighted by atomic mass is 9.97. The Balaban J connectivity index is 1.22. The highest BCUT2D eigenvalue weighted by Crippen LogP contribution is 2.48. The highest BCUT2D eigenvalue weighted by atomic mass is 19.4. The van der Waals surface area contributed by atoms with Crippen molar-refractivity contribution in [2.75, 3.05) is 0 Å². The van der Waals surface area contributed by atoms with Crippen molar-refractivity contribution < 1.29 is 26.3 Å². The van der Waals surface area contributed by atoms with Crippen LogP contribution in [-0.4, -0.2) is 68.9 Å². The molecule has 0 aliphatic carbocycles. The van der Waals surface area contributed by atoms with Crippen molar-refractivity contribution in [1.29, 1.82) is 0 Å². The first-order chi connectivity index (χ1) is 37.1. The van der Waals surface area contributed by atoms with Crippen LogP contribution in [0.15, 0.2) is 109 Å². The minimum atomic E-state index is -5.11. The number of hydrogen-bond donors (Lipinski definition) is 0. The van der Waals surface area contributed by atoms with Gasteiger partial charge in [-0.3, -0.25) is 0 Å². The first-order valence-electron chi connectivity index (χ1n) is 24.5. The molecular weight excluding hydrogens is 1010 g/mol. The topological polar surface area (TPSA) is 165 Å². The van der Waals surface area contributed by atoms with Gasteiger partial charge in [0.25, 0.3) is 0 Å². The molecule has 0 amide bonds. The van der Waals surface area contributed by atoms with Crippen LogP contribution in [0.3, 0.4) is 0 Å². The number of benzene rings is 6. The monoisotopic (exact) mass is 1050 g/mol. The molecule has 78 heavy (non-hydrogen) atoms. The standard InChI is InChI=1S/C58H42F6N14/c1-27-65-28(2)70-53(69-27)36-12-16-46-42(21-36)43-22-37(54-71-29(3)66-30(4)72-54)13-17-47(43)77(46)50-25-40(35-10-9-11-41(20-35)57(59,60)61)26-51(52(50)58(62,63)64)78-48-18-14-38(55-73-31(5)67-32(6)74-55)23-44(48)45-24-39(15-19-49(45)78)56-75-33(7)68-34(8)76-56/h9-26H,1-8H3. The van der Waals surface area contributed by atoms with Gasteiger partial charge < -0.3 is 9.13 Å². The summed E-state index contributed by atoms with van der Waals surface area (Å²) >= 11 is 0. The molecule has 0 bridgehead atoms. The molecule has 0 spiro atoms. The molecule has 6 aromatic heterocycles. The van der Waals surface area contributed by atoms with E-state index in [1.165, 1.54) is 33.4 Å². The Morgan fingerprint density at radius 1 is 0.295 bits per heavy atom. The van der Waals surface area contributed by atoms with Crippen LogP contribution < -0.4 is 0 Å². The van der Waals surface area contributed by atoms with Gasteiger partial charge >= 0.3 is 12.4 Å². The van der Waals surface area contributed by atoms with Crippen molar-refractivity contribution in [1.82, 2.24) is 68.9 Å². The van der Waals surface area contributed by atoms with Crippen LogP contribution in [0.5, 0.6) is 0 Å². The predicted molar refractivity (Wildman–Crippen MR) is 284 cm³/mol. The zero-order valence-corrected chi connectivity index (χ0v) is 42.9. The van der Waals surface area contributed by atoms with Crippen molar-refractivity contribution >= 4 is 43.6 Å². The lowest BCUT2D eigenvalue weighted by Crippen LogP contribution is -2.16. The predicted octanol–water partition coefficient (Wildman–Crippen LogP) is 13.5. The Morgan fingerprint density at radius 2 is 0.590 bits per heavy atom. The fourth-order valence-electron chi connectivity index (χ4n) is 10.4. The maximum absolute atomic E-state index is 17.0. The number of hydrogen-bond acceptors (Lipinski definition) is 12. The van der Waals surface area contributed by atoms with E-state index in [2.05, 4.69) is 59.8 Å². The molecule has 12 rings (SSSR count). The Labute approximate surface area is 440 Å². The zero-order chi connectivity index (χ0) is 54.7. The lowest BCUT2D eigenvalue weighted by molar-refractivity contribution is -0.138. The van der Waals surface area contributed by atoms with E-state index in [9.17, 15) is 13.2 Å². The van der Waals surface area contributed by atoms with Gasteiger partial charge in [0, 0.05) is 43.8 Å². The Bertz CT molecular complexity index is 3940. The van der Waals surface area contributed by atoms with E-state index < -0.39 is 23.5 Å². The smallest absolute Gasteiger partial charge is 0.309 e. The van der Waals surface area contributed by atoms with Crippen molar-refractivity contribution in [2.45, 2.75) is 67.7 Å². The third-order valence-electron chi connectivity index (χ3n) is 13.4. The van der Waals surface area contributed by atoms with E-state index in [0.29, 0.717) is 136 Å². The van der Waals surface area contributed by atoms with E-state index in [0.717, 1.165) is 12.1 Å². The van der Waals surface area contributed by atoms with E-state index in [4.69, 9.17) is 0 Å². The van der Waals surface area contributed by atoms with Crippen LogP contribution in [0.2, 0.25) is 0 Å². The molecule has 0 aliphatic heterocycles. The average molecular weight is 1050 g/mol. The summed E-state index contributed by atoms with van der Waals surface area (Å²) in [5.74, 6) is 5.20. The summed E-state index contributed by atoms with van der Waals surface area (Å²) in [6, 6.07) is 28.1. The SMILES string of the molecule is Cc1nc(C)nc(-c2ccc3c(c2)c2cc(-c4nc(C)nc(C)n4)ccc2n3-c2cc(-c3cccc(C(F)(F)F)c3)cc(-n3c4ccc(-c5nc(C)nc(C)n5)cc4c4cc(-c5nc(C)nc(C)n5)ccc43)c2C(F)(F)F)n1. The number of aryl methyl sites for hydroxylation is 8. The highest BCUT2D eigenvalue weighted by Gasteiger charge is 2.40. The molecule has 0 saturated heterocycles. The molecule has 0 saturated carbocycles. The molecule has 0 radical (unpaired) electrons. The van der Waals surface area contributed by atoms with Gasteiger partial charge in [0.15, 0.2) is 23.3 Å². The van der Waals surface area contributed by atoms with Crippen LogP contribution in [-0.2, 0) is 12.4 Å². The summed E-state index contributed by atoms with van der Waals surface area (Å²) in [4.78, 5) is 54.2. The molecule has 14 nitrogen and oxygen atoms in total. The van der Waals surface area contributed by atoms with Crippen LogP contribution in [0.1, 0.15) is 57.7 Å². The molecule has 12 aromatic rings. The minimum Gasteiger partial charge on any atom is -0.309 e. The number of rotatable bonds is 7. The number of alkyl halides is 6. The molecule has 6 heterocycles. The third-order valence-corrected chi connectivity index (χ3v) is 13.4. The lowest BCUT2D eigenvalue weighted by Gasteiger charge is -2.23. The van der Waals surface area contributed by atoms with Crippen molar-refractivity contribution in [2.24, 2.45) is 0 Å². The van der Waals surface area contributed by atoms with Crippen LogP contribution in [0.25, 0.3) is 112 Å². The number of nitrogens with zero attached hydrogens (tertiary/aromatic N) is 14. The van der Waals surface area contributed by atoms with Gasteiger partial charge in [-0.1, -0.05) is 12.1 Å². The first kappa shape index (κ1) is 49.4. The Kier molecular flexibility index (Phi) is 11.5. The van der Waals surface area contributed by atoms with Gasteiger partial charge in [-0.25, -0.2) is 59.8 Å². The number of halogens is 6. The average Bonchev–Trinajstić information content (AvgIpc) is 3.91. The third kappa shape index (κ3) is 8.77. The summed E-state index contributed by atoms with van der Waals surface area (Å²) in [6.07, 6.45) is -9.88. The highest BCUT2D eigenvalue weighted by molar-refractivity contribution is 6.13. The second kappa shape index (κ2) is 18.1. The van der Waals surface area contributed by atoms with E-state index in [1.54, 1.807) is 104 Å². The second-order valence-electron chi connectivity index (χ2n) is 19.1. The van der Waals surface area contributed by atoms with Crippen molar-refractivity contribution in [3.05, 3.63) is 167 Å². The van der Waals surface area contributed by atoms with Crippen molar-refractivity contribution in [3.8, 4) is 68.1 Å². The quantitative estimate of drug-likeness (QED) is 0.139. The maximum atomic E-state index is 17.0. The molecule has 0 atom stereocenters. The summed E-state index contributed by atoms with van der Waals surface area (Å²) in [5.41, 5.74) is 0.974. The molecule has 20 heteroatoms. The minimum absolute atomic E-state index is 0.0269. The Hall–Kier alpha value is -9.46. The fraction of sp³-hybridized carbons (Fsp3) is 0.172. The largest absolute Gasteiger partial charge is 0.420 e. The maximum Gasteiger partial charge on any atom is 0.420 e. The normalized spacial score (nSPS) is 12.2. The van der Waals surface area contributed by atoms with Gasteiger partial charge in [0.2, 0.25) is 0 Å². The molecule has 0 N–H and O–H groups in total. The molecule has 6 aromatic carbocycles. The molecule has 0 unspecified atom stereocenters. The summed E-state index contributed by atoms with van der Waals surface area (Å²) in [6.45, 7) is 13.9. The van der Waals surface area contributed by atoms with E-state index in [-0.39, 0.29) is 22.5 Å². The number of aromatic nitrogens is 14. The van der Waals surface area contributed by atoms with Gasteiger partial charge in [-0.2, -0.15) is 26.3 Å². The van der Waals surface area contributed by atoms with Gasteiger partial charge in [0.1, 0.15) is 52.2 Å². The fourth-order valence-corrected chi connectivity index (χ4v) is 10.4. The molecule has 0 fully saturated rings. The Morgan fingerprint density at radius 3 is 0.859 bits per heavy atom. The van der Waals surface area contributed by atoms with Gasteiger partial charge in [-0.05, 0) is 164 Å². The van der Waals surface area contributed by atoms with Crippen LogP contribution in [0, 0.1) is 55.4 Å². The molecular formula is C58H42F6N14. The van der Waals surface area contributed by atoms with Crippen LogP contribution in [0.4, 0.5) is 26.3 Å².